The van der Waals surface area contributed by atoms with E-state index < -0.39 is 4.92 Å². The van der Waals surface area contributed by atoms with Crippen molar-refractivity contribution in [2.45, 2.75) is 64.5 Å². The lowest BCUT2D eigenvalue weighted by Gasteiger charge is -2.47. The van der Waals surface area contributed by atoms with Crippen LogP contribution < -0.4 is 5.32 Å². The Morgan fingerprint density at radius 2 is 1.84 bits per heavy atom. The summed E-state index contributed by atoms with van der Waals surface area (Å²) in [6.45, 7) is 2.96. The molecule has 1 N–H and O–H groups in total. The molecule has 2 fully saturated rings. The fraction of sp³-hybridized carbons (Fsp3) is 0.464. The number of aryl methyl sites for hydroxylation is 1. The van der Waals surface area contributed by atoms with Crippen LogP contribution in [0.25, 0.3) is 0 Å². The number of amides is 4. The summed E-state index contributed by atoms with van der Waals surface area (Å²) < 4.78 is 0. The van der Waals surface area contributed by atoms with E-state index in [1.807, 2.05) is 31.2 Å². The highest BCUT2D eigenvalue weighted by Crippen LogP contribution is 2.35. The lowest BCUT2D eigenvalue weighted by Crippen LogP contribution is -2.62. The van der Waals surface area contributed by atoms with Crippen LogP contribution >= 0.6 is 0 Å². The molecule has 0 bridgehead atoms. The number of nitrogens with zero attached hydrogens (tertiary/aromatic N) is 3. The van der Waals surface area contributed by atoms with Crippen molar-refractivity contribution in [3.8, 4) is 0 Å². The molecule has 0 spiro atoms. The van der Waals surface area contributed by atoms with Crippen LogP contribution in [-0.2, 0) is 22.6 Å². The van der Waals surface area contributed by atoms with Gasteiger partial charge in [-0.05, 0) is 43.7 Å². The molecule has 1 heterocycles. The molecule has 0 radical (unpaired) electrons. The Morgan fingerprint density at radius 3 is 2.59 bits per heavy atom. The number of carbonyl (C=O) groups excluding carboxylic acids is 3. The highest BCUT2D eigenvalue weighted by molar-refractivity contribution is 5.98. The summed E-state index contributed by atoms with van der Waals surface area (Å²) in [6.07, 6.45) is 4.69. The van der Waals surface area contributed by atoms with Crippen LogP contribution in [-0.4, -0.2) is 51.7 Å². The van der Waals surface area contributed by atoms with Gasteiger partial charge in [0, 0.05) is 44.2 Å². The summed E-state index contributed by atoms with van der Waals surface area (Å²) >= 11 is 0. The molecule has 9 heteroatoms. The Balaban J connectivity index is 1.34. The number of non-ortho nitro benzene ring substituents is 1. The van der Waals surface area contributed by atoms with Crippen LogP contribution in [0, 0.1) is 23.0 Å². The maximum absolute atomic E-state index is 13.4. The summed E-state index contributed by atoms with van der Waals surface area (Å²) in [4.78, 5) is 52.7. The molecule has 1 saturated heterocycles. The molecule has 4 rings (SSSR count). The lowest BCUT2D eigenvalue weighted by molar-refractivity contribution is -0.384. The number of carbonyl (C=O) groups is 3. The van der Waals surface area contributed by atoms with Crippen LogP contribution in [0.3, 0.4) is 0 Å². The molecule has 1 aliphatic carbocycles. The topological polar surface area (TPSA) is 113 Å². The number of rotatable bonds is 10. The van der Waals surface area contributed by atoms with Crippen LogP contribution in [0.1, 0.15) is 55.2 Å². The minimum absolute atomic E-state index is 0.0246. The first-order chi connectivity index (χ1) is 17.8. The van der Waals surface area contributed by atoms with Gasteiger partial charge in [-0.3, -0.25) is 24.6 Å². The van der Waals surface area contributed by atoms with Crippen LogP contribution in [0.5, 0.6) is 0 Å². The molecule has 2 aromatic rings. The molecule has 2 unspecified atom stereocenters. The largest absolute Gasteiger partial charge is 0.356 e. The first-order valence-electron chi connectivity index (χ1n) is 13.0. The molecular formula is C28H34N4O5. The van der Waals surface area contributed by atoms with Crippen molar-refractivity contribution >= 4 is 23.5 Å². The molecule has 2 atom stereocenters. The first-order valence-corrected chi connectivity index (χ1v) is 13.0. The third-order valence-electron chi connectivity index (χ3n) is 7.31. The monoisotopic (exact) mass is 506 g/mol. The molecule has 2 aliphatic rings. The SMILES string of the molecule is Cc1ccc(CCNC(=O)CCCN2C(=O)C3CCCCC3N(Cc3cccc([N+](=O)[O-])c3)C2=O)cc1. The Bertz CT molecular complexity index is 1150. The van der Waals surface area contributed by atoms with E-state index in [0.29, 0.717) is 18.5 Å². The quantitative estimate of drug-likeness (QED) is 0.380. The number of imide groups is 1. The van der Waals surface area contributed by atoms with Crippen molar-refractivity contribution in [3.63, 3.8) is 0 Å². The van der Waals surface area contributed by atoms with E-state index in [4.69, 9.17) is 0 Å². The predicted octanol–water partition coefficient (Wildman–Crippen LogP) is 4.37. The van der Waals surface area contributed by atoms with Crippen LogP contribution in [0.15, 0.2) is 48.5 Å². The summed E-state index contributed by atoms with van der Waals surface area (Å²) in [5.74, 6) is -0.536. The third-order valence-corrected chi connectivity index (χ3v) is 7.31. The zero-order valence-electron chi connectivity index (χ0n) is 21.2. The number of nitro benzene ring substituents is 1. The van der Waals surface area contributed by atoms with Crippen molar-refractivity contribution in [2.24, 2.45) is 5.92 Å². The second-order valence-corrected chi connectivity index (χ2v) is 9.97. The molecular weight excluding hydrogens is 472 g/mol. The minimum Gasteiger partial charge on any atom is -0.356 e. The van der Waals surface area contributed by atoms with Gasteiger partial charge in [-0.15, -0.1) is 0 Å². The molecule has 196 valence electrons. The normalized spacial score (nSPS) is 19.5. The number of fused-ring (bicyclic) bond motifs is 1. The molecule has 1 aliphatic heterocycles. The van der Waals surface area contributed by atoms with E-state index in [9.17, 15) is 24.5 Å². The van der Waals surface area contributed by atoms with Gasteiger partial charge in [-0.1, -0.05) is 54.8 Å². The van der Waals surface area contributed by atoms with E-state index in [1.54, 1.807) is 17.0 Å². The van der Waals surface area contributed by atoms with E-state index >= 15 is 0 Å². The fourth-order valence-corrected chi connectivity index (χ4v) is 5.31. The molecule has 1 saturated carbocycles. The van der Waals surface area contributed by atoms with Gasteiger partial charge in [-0.25, -0.2) is 4.79 Å². The highest BCUT2D eigenvalue weighted by atomic mass is 16.6. The molecule has 4 amide bonds. The third kappa shape index (κ3) is 6.53. The van der Waals surface area contributed by atoms with Crippen molar-refractivity contribution in [3.05, 3.63) is 75.3 Å². The van der Waals surface area contributed by atoms with Gasteiger partial charge >= 0.3 is 6.03 Å². The summed E-state index contributed by atoms with van der Waals surface area (Å²) in [6, 6.07) is 13.9. The van der Waals surface area contributed by atoms with Gasteiger partial charge in [0.1, 0.15) is 0 Å². The van der Waals surface area contributed by atoms with Gasteiger partial charge in [0.2, 0.25) is 11.8 Å². The zero-order chi connectivity index (χ0) is 26.4. The summed E-state index contributed by atoms with van der Waals surface area (Å²) in [7, 11) is 0. The number of benzene rings is 2. The molecule has 37 heavy (non-hydrogen) atoms. The van der Waals surface area contributed by atoms with Crippen LogP contribution in [0.4, 0.5) is 10.5 Å². The molecule has 9 nitrogen and oxygen atoms in total. The smallest absolute Gasteiger partial charge is 0.327 e. The Hall–Kier alpha value is -3.75. The van der Waals surface area contributed by atoms with E-state index in [0.717, 1.165) is 37.7 Å². The standard InChI is InChI=1S/C28H34N4O5/c1-20-11-13-21(14-12-20)15-16-29-26(33)10-5-17-30-27(34)24-8-2-3-9-25(24)31(28(30)35)19-22-6-4-7-23(18-22)32(36)37/h4,6-7,11-14,18,24-25H,2-3,5,8-10,15-17,19H2,1H3,(H,29,33). The first kappa shape index (κ1) is 26.3. The maximum Gasteiger partial charge on any atom is 0.327 e. The lowest BCUT2D eigenvalue weighted by atomic mass is 9.81. The number of hydrogen-bond acceptors (Lipinski definition) is 5. The maximum atomic E-state index is 13.4. The second-order valence-electron chi connectivity index (χ2n) is 9.97. The summed E-state index contributed by atoms with van der Waals surface area (Å²) in [5, 5.41) is 14.1. The predicted molar refractivity (Wildman–Crippen MR) is 139 cm³/mol. The van der Waals surface area contributed by atoms with Crippen molar-refractivity contribution in [2.75, 3.05) is 13.1 Å². The number of nitrogens with one attached hydrogen (secondary N) is 1. The van der Waals surface area contributed by atoms with Crippen LogP contribution in [0.2, 0.25) is 0 Å². The fourth-order valence-electron chi connectivity index (χ4n) is 5.31. The molecule has 0 aromatic heterocycles. The van der Waals surface area contributed by atoms with Gasteiger partial charge in [0.15, 0.2) is 0 Å². The minimum atomic E-state index is -0.452. The Morgan fingerprint density at radius 1 is 1.08 bits per heavy atom. The van der Waals surface area contributed by atoms with E-state index in [2.05, 4.69) is 5.32 Å². The Kier molecular flexibility index (Phi) is 8.53. The Labute approximate surface area is 217 Å². The van der Waals surface area contributed by atoms with Gasteiger partial charge in [0.05, 0.1) is 10.8 Å². The zero-order valence-corrected chi connectivity index (χ0v) is 21.2. The van der Waals surface area contributed by atoms with E-state index in [1.165, 1.54) is 22.6 Å². The van der Waals surface area contributed by atoms with Gasteiger partial charge in [-0.2, -0.15) is 0 Å². The molecule has 2 aromatic carbocycles. The number of hydrogen-bond donors (Lipinski definition) is 1. The highest BCUT2D eigenvalue weighted by Gasteiger charge is 2.46. The number of nitro groups is 1. The second kappa shape index (κ2) is 12.0. The van der Waals surface area contributed by atoms with Gasteiger partial charge in [0.25, 0.3) is 5.69 Å². The average molecular weight is 507 g/mol. The average Bonchev–Trinajstić information content (AvgIpc) is 2.90. The van der Waals surface area contributed by atoms with Gasteiger partial charge < -0.3 is 10.2 Å². The number of urea groups is 1. The summed E-state index contributed by atoms with van der Waals surface area (Å²) in [5.41, 5.74) is 2.98. The van der Waals surface area contributed by atoms with Crippen molar-refractivity contribution in [1.29, 1.82) is 0 Å². The van der Waals surface area contributed by atoms with E-state index in [-0.39, 0.29) is 55.0 Å². The van der Waals surface area contributed by atoms with Crippen molar-refractivity contribution < 1.29 is 19.3 Å². The van der Waals surface area contributed by atoms with Crippen molar-refractivity contribution in [1.82, 2.24) is 15.1 Å².